The second-order valence-corrected chi connectivity index (χ2v) is 5.69. The minimum Gasteiger partial charge on any atom is -0.196 e. The molecule has 0 spiro atoms. The summed E-state index contributed by atoms with van der Waals surface area (Å²) in [5.74, 6) is 0.600. The number of rotatable bonds is 4. The van der Waals surface area contributed by atoms with Gasteiger partial charge in [0, 0.05) is 0 Å². The second-order valence-electron chi connectivity index (χ2n) is 5.69. The predicted octanol–water partition coefficient (Wildman–Crippen LogP) is 3.96. The summed E-state index contributed by atoms with van der Waals surface area (Å²) in [4.78, 5) is 0. The molecule has 0 saturated carbocycles. The summed E-state index contributed by atoms with van der Waals surface area (Å²) in [5.41, 5.74) is -0.854. The molecule has 0 N–H and O–H groups in total. The molecule has 0 saturated heterocycles. The van der Waals surface area contributed by atoms with Crippen molar-refractivity contribution in [3.8, 4) is 6.07 Å². The van der Waals surface area contributed by atoms with Crippen molar-refractivity contribution in [3.63, 3.8) is 0 Å². The van der Waals surface area contributed by atoms with E-state index in [9.17, 15) is 0 Å². The van der Waals surface area contributed by atoms with Gasteiger partial charge in [-0.25, -0.2) is 0 Å². The summed E-state index contributed by atoms with van der Waals surface area (Å²) >= 11 is 0. The van der Waals surface area contributed by atoms with Crippen molar-refractivity contribution in [3.05, 3.63) is 0 Å². The molecule has 0 aromatic heterocycles. The Labute approximate surface area is 93.6 Å². The molecule has 0 rings (SSSR count). The average molecular weight is 209 g/mol. The lowest BCUT2D eigenvalue weighted by atomic mass is 9.94. The maximum absolute atomic E-state index is 9.09. The lowest BCUT2D eigenvalue weighted by Crippen LogP contribution is -2.21. The Kier molecular flexibility index (Phi) is 4.93. The normalized spacial score (nSPS) is 16.7. The first-order valence-corrected chi connectivity index (χ1v) is 5.54. The molecule has 86 valence electrons. The Morgan fingerprint density at radius 3 is 2.00 bits per heavy atom. The van der Waals surface area contributed by atoms with Crippen molar-refractivity contribution < 1.29 is 0 Å². The zero-order valence-electron chi connectivity index (χ0n) is 10.8. The standard InChI is InChI=1S/C12H23N3/c1-10(2)7-8-12(6,9-13)15-14-11(3,4)5/h10H,7-8H2,1-6H3/b15-14+. The van der Waals surface area contributed by atoms with E-state index in [-0.39, 0.29) is 5.54 Å². The highest BCUT2D eigenvalue weighted by atomic mass is 15.2. The Morgan fingerprint density at radius 1 is 1.13 bits per heavy atom. The minimum atomic E-state index is -0.655. The molecule has 1 unspecified atom stereocenters. The molecule has 0 amide bonds. The molecule has 0 bridgehead atoms. The average Bonchev–Trinajstić information content (AvgIpc) is 2.10. The van der Waals surface area contributed by atoms with Crippen LogP contribution in [0.4, 0.5) is 0 Å². The molecule has 15 heavy (non-hydrogen) atoms. The molecule has 0 aromatic rings. The lowest BCUT2D eigenvalue weighted by Gasteiger charge is -2.19. The van der Waals surface area contributed by atoms with Gasteiger partial charge in [0.1, 0.15) is 0 Å². The van der Waals surface area contributed by atoms with Crippen LogP contribution in [0.5, 0.6) is 0 Å². The molecule has 0 fully saturated rings. The Hall–Kier alpha value is -0.910. The maximum atomic E-state index is 9.09. The first-order valence-electron chi connectivity index (χ1n) is 5.54. The Balaban J connectivity index is 4.46. The Bertz CT molecular complexity index is 255. The van der Waals surface area contributed by atoms with E-state index in [0.717, 1.165) is 12.8 Å². The highest BCUT2D eigenvalue weighted by molar-refractivity contribution is 5.03. The van der Waals surface area contributed by atoms with Crippen molar-refractivity contribution in [2.24, 2.45) is 16.1 Å². The van der Waals surface area contributed by atoms with Gasteiger partial charge in [-0.1, -0.05) is 13.8 Å². The summed E-state index contributed by atoms with van der Waals surface area (Å²) in [6.07, 6.45) is 1.79. The van der Waals surface area contributed by atoms with Crippen LogP contribution < -0.4 is 0 Å². The molecule has 0 heterocycles. The van der Waals surface area contributed by atoms with Crippen molar-refractivity contribution >= 4 is 0 Å². The zero-order chi connectivity index (χ0) is 12.1. The van der Waals surface area contributed by atoms with E-state index in [2.05, 4.69) is 30.1 Å². The van der Waals surface area contributed by atoms with Gasteiger partial charge in [0.15, 0.2) is 5.54 Å². The van der Waals surface area contributed by atoms with E-state index in [0.29, 0.717) is 5.92 Å². The lowest BCUT2D eigenvalue weighted by molar-refractivity contribution is 0.418. The van der Waals surface area contributed by atoms with E-state index in [1.54, 1.807) is 0 Å². The van der Waals surface area contributed by atoms with Crippen molar-refractivity contribution in [2.75, 3.05) is 0 Å². The smallest absolute Gasteiger partial charge is 0.164 e. The van der Waals surface area contributed by atoms with Gasteiger partial charge in [-0.05, 0) is 46.5 Å². The predicted molar refractivity (Wildman–Crippen MR) is 62.7 cm³/mol. The molecular weight excluding hydrogens is 186 g/mol. The SMILES string of the molecule is CC(C)CCC(C)(C#N)/N=N/C(C)(C)C. The first-order chi connectivity index (χ1) is 6.68. The highest BCUT2D eigenvalue weighted by Gasteiger charge is 2.24. The molecule has 0 aromatic carbocycles. The monoisotopic (exact) mass is 209 g/mol. The third-order valence-electron chi connectivity index (χ3n) is 2.02. The molecular formula is C12H23N3. The van der Waals surface area contributed by atoms with Crippen LogP contribution in [-0.4, -0.2) is 11.1 Å². The molecule has 3 heteroatoms. The molecule has 3 nitrogen and oxygen atoms in total. The first kappa shape index (κ1) is 14.1. The van der Waals surface area contributed by atoms with Crippen LogP contribution >= 0.6 is 0 Å². The van der Waals surface area contributed by atoms with Gasteiger partial charge in [-0.2, -0.15) is 15.5 Å². The minimum absolute atomic E-state index is 0.198. The third kappa shape index (κ3) is 7.07. The maximum Gasteiger partial charge on any atom is 0.164 e. The number of nitriles is 1. The molecule has 0 aliphatic heterocycles. The molecule has 1 atom stereocenters. The largest absolute Gasteiger partial charge is 0.196 e. The van der Waals surface area contributed by atoms with Crippen molar-refractivity contribution in [1.29, 1.82) is 5.26 Å². The van der Waals surface area contributed by atoms with Crippen LogP contribution in [0.25, 0.3) is 0 Å². The Morgan fingerprint density at radius 2 is 1.67 bits per heavy atom. The highest BCUT2D eigenvalue weighted by Crippen LogP contribution is 2.22. The summed E-state index contributed by atoms with van der Waals surface area (Å²) in [6.45, 7) is 12.1. The van der Waals surface area contributed by atoms with E-state index in [4.69, 9.17) is 5.26 Å². The fraction of sp³-hybridized carbons (Fsp3) is 0.917. The van der Waals surface area contributed by atoms with Crippen LogP contribution in [0.15, 0.2) is 10.2 Å². The van der Waals surface area contributed by atoms with Crippen LogP contribution in [0.2, 0.25) is 0 Å². The van der Waals surface area contributed by atoms with Crippen LogP contribution in [0.1, 0.15) is 54.4 Å². The van der Waals surface area contributed by atoms with Crippen LogP contribution in [0, 0.1) is 17.2 Å². The fourth-order valence-electron chi connectivity index (χ4n) is 0.958. The van der Waals surface area contributed by atoms with Gasteiger partial charge in [0.2, 0.25) is 0 Å². The van der Waals surface area contributed by atoms with Crippen molar-refractivity contribution in [2.45, 2.75) is 65.5 Å². The molecule has 0 aliphatic rings. The molecule has 0 aliphatic carbocycles. The van der Waals surface area contributed by atoms with Gasteiger partial charge >= 0.3 is 0 Å². The van der Waals surface area contributed by atoms with Crippen LogP contribution in [0.3, 0.4) is 0 Å². The summed E-state index contributed by atoms with van der Waals surface area (Å²) in [7, 11) is 0. The zero-order valence-corrected chi connectivity index (χ0v) is 10.8. The third-order valence-corrected chi connectivity index (χ3v) is 2.02. The van der Waals surface area contributed by atoms with Gasteiger partial charge < -0.3 is 0 Å². The van der Waals surface area contributed by atoms with Crippen LogP contribution in [-0.2, 0) is 0 Å². The number of azo groups is 1. The van der Waals surface area contributed by atoms with Crippen molar-refractivity contribution in [1.82, 2.24) is 0 Å². The topological polar surface area (TPSA) is 48.5 Å². The number of nitrogens with zero attached hydrogens (tertiary/aromatic N) is 3. The quantitative estimate of drug-likeness (QED) is 0.646. The van der Waals surface area contributed by atoms with E-state index in [1.807, 2.05) is 27.7 Å². The van der Waals surface area contributed by atoms with E-state index >= 15 is 0 Å². The number of hydrogen-bond donors (Lipinski definition) is 0. The molecule has 0 radical (unpaired) electrons. The van der Waals surface area contributed by atoms with Gasteiger partial charge in [-0.15, -0.1) is 0 Å². The van der Waals surface area contributed by atoms with E-state index in [1.165, 1.54) is 0 Å². The van der Waals surface area contributed by atoms with Gasteiger partial charge in [0.25, 0.3) is 0 Å². The fourth-order valence-corrected chi connectivity index (χ4v) is 0.958. The summed E-state index contributed by atoms with van der Waals surface area (Å²) in [6, 6.07) is 2.25. The summed E-state index contributed by atoms with van der Waals surface area (Å²) < 4.78 is 0. The second kappa shape index (κ2) is 5.25. The van der Waals surface area contributed by atoms with Gasteiger partial charge in [-0.3, -0.25) is 0 Å². The van der Waals surface area contributed by atoms with E-state index < -0.39 is 5.54 Å². The summed E-state index contributed by atoms with van der Waals surface area (Å²) in [5, 5.41) is 17.5. The number of hydrogen-bond acceptors (Lipinski definition) is 3. The van der Waals surface area contributed by atoms with Gasteiger partial charge in [0.05, 0.1) is 11.6 Å².